The number of alkyl halides is 1. The standard InChI is InChI=1S/C11H18ClNOS/c1-8-2-4-13(10(8)6-12)11(14)9-3-5-15-7-9/h8-10H,2-7H2,1H3. The molecular formula is C11H18ClNOS. The third-order valence-corrected chi connectivity index (χ3v) is 5.08. The van der Waals surface area contributed by atoms with Crippen LogP contribution in [0.15, 0.2) is 0 Å². The van der Waals surface area contributed by atoms with Crippen LogP contribution in [0.4, 0.5) is 0 Å². The van der Waals surface area contributed by atoms with Gasteiger partial charge in [0.15, 0.2) is 0 Å². The Morgan fingerprint density at radius 2 is 2.33 bits per heavy atom. The Hall–Kier alpha value is 0.110. The molecule has 0 aromatic rings. The minimum absolute atomic E-state index is 0.269. The van der Waals surface area contributed by atoms with Gasteiger partial charge in [0.2, 0.25) is 5.91 Å². The van der Waals surface area contributed by atoms with Crippen LogP contribution in [-0.4, -0.2) is 40.8 Å². The van der Waals surface area contributed by atoms with Gasteiger partial charge >= 0.3 is 0 Å². The van der Waals surface area contributed by atoms with Crippen LogP contribution >= 0.6 is 23.4 Å². The Morgan fingerprint density at radius 3 is 2.93 bits per heavy atom. The van der Waals surface area contributed by atoms with Crippen molar-refractivity contribution in [1.29, 1.82) is 0 Å². The fourth-order valence-electron chi connectivity index (χ4n) is 2.48. The molecule has 2 heterocycles. The maximum atomic E-state index is 12.2. The van der Waals surface area contributed by atoms with Gasteiger partial charge in [0.25, 0.3) is 0 Å². The lowest BCUT2D eigenvalue weighted by Crippen LogP contribution is -2.42. The fourth-order valence-corrected chi connectivity index (χ4v) is 4.16. The summed E-state index contributed by atoms with van der Waals surface area (Å²) in [6.07, 6.45) is 2.17. The van der Waals surface area contributed by atoms with Crippen LogP contribution in [0.5, 0.6) is 0 Å². The highest BCUT2D eigenvalue weighted by Crippen LogP contribution is 2.31. The van der Waals surface area contributed by atoms with Crippen molar-refractivity contribution in [2.45, 2.75) is 25.8 Å². The van der Waals surface area contributed by atoms with Gasteiger partial charge in [-0.1, -0.05) is 6.92 Å². The molecule has 2 saturated heterocycles. The monoisotopic (exact) mass is 247 g/mol. The first-order valence-corrected chi connectivity index (χ1v) is 7.37. The van der Waals surface area contributed by atoms with Crippen LogP contribution in [-0.2, 0) is 4.79 Å². The quantitative estimate of drug-likeness (QED) is 0.698. The van der Waals surface area contributed by atoms with E-state index in [0.29, 0.717) is 17.7 Å². The van der Waals surface area contributed by atoms with Gasteiger partial charge in [-0.15, -0.1) is 11.6 Å². The number of hydrogen-bond donors (Lipinski definition) is 0. The molecule has 0 saturated carbocycles. The van der Waals surface area contributed by atoms with Gasteiger partial charge < -0.3 is 4.90 Å². The molecule has 2 aliphatic rings. The second kappa shape index (κ2) is 4.96. The molecule has 3 atom stereocenters. The highest BCUT2D eigenvalue weighted by atomic mass is 35.5. The first-order chi connectivity index (χ1) is 7.24. The molecule has 15 heavy (non-hydrogen) atoms. The first kappa shape index (κ1) is 11.6. The summed E-state index contributed by atoms with van der Waals surface area (Å²) in [7, 11) is 0. The number of thioether (sulfide) groups is 1. The van der Waals surface area contributed by atoms with Crippen molar-refractivity contribution in [1.82, 2.24) is 4.90 Å². The molecule has 3 unspecified atom stereocenters. The van der Waals surface area contributed by atoms with Gasteiger partial charge in [-0.3, -0.25) is 4.79 Å². The molecule has 2 aliphatic heterocycles. The predicted octanol–water partition coefficient (Wildman–Crippen LogP) is 2.22. The highest BCUT2D eigenvalue weighted by molar-refractivity contribution is 7.99. The summed E-state index contributed by atoms with van der Waals surface area (Å²) in [6.45, 7) is 3.11. The number of hydrogen-bond acceptors (Lipinski definition) is 2. The Labute approximate surface area is 101 Å². The second-order valence-electron chi connectivity index (χ2n) is 4.58. The summed E-state index contributed by atoms with van der Waals surface area (Å²) in [4.78, 5) is 14.3. The van der Waals surface area contributed by atoms with Crippen molar-refractivity contribution in [2.75, 3.05) is 23.9 Å². The number of halogens is 1. The minimum Gasteiger partial charge on any atom is -0.338 e. The number of rotatable bonds is 2. The molecule has 0 aromatic carbocycles. The van der Waals surface area contributed by atoms with Crippen LogP contribution in [0.2, 0.25) is 0 Å². The summed E-state index contributed by atoms with van der Waals surface area (Å²) in [6, 6.07) is 0.282. The summed E-state index contributed by atoms with van der Waals surface area (Å²) in [5.41, 5.74) is 0. The van der Waals surface area contributed by atoms with E-state index in [1.807, 2.05) is 16.7 Å². The van der Waals surface area contributed by atoms with Crippen LogP contribution < -0.4 is 0 Å². The third kappa shape index (κ3) is 2.28. The maximum absolute atomic E-state index is 12.2. The van der Waals surface area contributed by atoms with Crippen molar-refractivity contribution in [3.8, 4) is 0 Å². The summed E-state index contributed by atoms with van der Waals surface area (Å²) in [5, 5.41) is 0. The Morgan fingerprint density at radius 1 is 1.53 bits per heavy atom. The van der Waals surface area contributed by atoms with Gasteiger partial charge in [0.05, 0.1) is 0 Å². The molecule has 86 valence electrons. The van der Waals surface area contributed by atoms with E-state index in [1.54, 1.807) is 0 Å². The molecule has 4 heteroatoms. The van der Waals surface area contributed by atoms with E-state index >= 15 is 0 Å². The molecule has 2 rings (SSSR count). The van der Waals surface area contributed by atoms with Gasteiger partial charge in [-0.25, -0.2) is 0 Å². The molecule has 2 fully saturated rings. The van der Waals surface area contributed by atoms with Gasteiger partial charge in [0, 0.05) is 30.1 Å². The van der Waals surface area contributed by atoms with Crippen molar-refractivity contribution < 1.29 is 4.79 Å². The van der Waals surface area contributed by atoms with Crippen molar-refractivity contribution in [2.24, 2.45) is 11.8 Å². The van der Waals surface area contributed by atoms with Gasteiger partial charge in [-0.05, 0) is 24.5 Å². The first-order valence-electron chi connectivity index (χ1n) is 5.68. The van der Waals surface area contributed by atoms with E-state index in [9.17, 15) is 4.79 Å². The van der Waals surface area contributed by atoms with E-state index in [1.165, 1.54) is 0 Å². The average Bonchev–Trinajstić information content (AvgIpc) is 2.85. The molecular weight excluding hydrogens is 230 g/mol. The zero-order valence-corrected chi connectivity index (χ0v) is 10.7. The zero-order valence-electron chi connectivity index (χ0n) is 9.12. The van der Waals surface area contributed by atoms with E-state index in [-0.39, 0.29) is 12.0 Å². The molecule has 1 amide bonds. The fraction of sp³-hybridized carbons (Fsp3) is 0.909. The maximum Gasteiger partial charge on any atom is 0.226 e. The lowest BCUT2D eigenvalue weighted by Gasteiger charge is -2.27. The number of carbonyl (C=O) groups is 1. The highest BCUT2D eigenvalue weighted by Gasteiger charge is 2.37. The largest absolute Gasteiger partial charge is 0.338 e. The molecule has 0 bridgehead atoms. The molecule has 0 radical (unpaired) electrons. The number of nitrogens with zero attached hydrogens (tertiary/aromatic N) is 1. The van der Waals surface area contributed by atoms with Crippen LogP contribution in [0.1, 0.15) is 19.8 Å². The van der Waals surface area contributed by atoms with E-state index in [0.717, 1.165) is 30.9 Å². The van der Waals surface area contributed by atoms with Crippen molar-refractivity contribution in [3.05, 3.63) is 0 Å². The number of carbonyl (C=O) groups excluding carboxylic acids is 1. The Kier molecular flexibility index (Phi) is 3.83. The average molecular weight is 248 g/mol. The SMILES string of the molecule is CC1CCN(C(=O)C2CCSC2)C1CCl. The Balaban J connectivity index is 2.00. The van der Waals surface area contributed by atoms with Crippen LogP contribution in [0, 0.1) is 11.8 Å². The predicted molar refractivity (Wildman–Crippen MR) is 65.4 cm³/mol. The van der Waals surface area contributed by atoms with Crippen LogP contribution in [0.25, 0.3) is 0 Å². The molecule has 0 aliphatic carbocycles. The minimum atomic E-state index is 0.269. The zero-order chi connectivity index (χ0) is 10.8. The lowest BCUT2D eigenvalue weighted by molar-refractivity contribution is -0.135. The van der Waals surface area contributed by atoms with Crippen LogP contribution in [0.3, 0.4) is 0 Å². The van der Waals surface area contributed by atoms with E-state index < -0.39 is 0 Å². The van der Waals surface area contributed by atoms with Crippen molar-refractivity contribution in [3.63, 3.8) is 0 Å². The molecule has 0 spiro atoms. The molecule has 2 nitrogen and oxygen atoms in total. The van der Waals surface area contributed by atoms with Crippen molar-refractivity contribution >= 4 is 29.3 Å². The smallest absolute Gasteiger partial charge is 0.226 e. The van der Waals surface area contributed by atoms with Gasteiger partial charge in [-0.2, -0.15) is 11.8 Å². The summed E-state index contributed by atoms with van der Waals surface area (Å²) < 4.78 is 0. The normalized spacial score (nSPS) is 36.1. The second-order valence-corrected chi connectivity index (χ2v) is 6.04. The van der Waals surface area contributed by atoms with E-state index in [2.05, 4.69) is 6.92 Å². The molecule has 0 N–H and O–H groups in total. The summed E-state index contributed by atoms with van der Waals surface area (Å²) in [5.74, 6) is 3.94. The summed E-state index contributed by atoms with van der Waals surface area (Å²) >= 11 is 7.85. The van der Waals surface area contributed by atoms with Gasteiger partial charge in [0.1, 0.15) is 0 Å². The number of likely N-dealkylation sites (tertiary alicyclic amines) is 1. The molecule has 0 aromatic heterocycles. The topological polar surface area (TPSA) is 20.3 Å². The van der Waals surface area contributed by atoms with E-state index in [4.69, 9.17) is 11.6 Å². The third-order valence-electron chi connectivity index (χ3n) is 3.60. The Bertz CT molecular complexity index is 243. The number of amides is 1. The lowest BCUT2D eigenvalue weighted by atomic mass is 10.0.